The second kappa shape index (κ2) is 9.56. The van der Waals surface area contributed by atoms with E-state index in [1.54, 1.807) is 6.92 Å². The van der Waals surface area contributed by atoms with Crippen LogP contribution in [-0.2, 0) is 9.53 Å². The summed E-state index contributed by atoms with van der Waals surface area (Å²) in [6, 6.07) is 9.27. The molecule has 0 saturated heterocycles. The van der Waals surface area contributed by atoms with Gasteiger partial charge in [0.05, 0.1) is 11.4 Å². The zero-order valence-electron chi connectivity index (χ0n) is 14.7. The van der Waals surface area contributed by atoms with Crippen LogP contribution >= 0.6 is 0 Å². The van der Waals surface area contributed by atoms with E-state index in [1.807, 2.05) is 30.3 Å². The highest BCUT2D eigenvalue weighted by Crippen LogP contribution is 2.09. The Morgan fingerprint density at radius 3 is 2.60 bits per heavy atom. The van der Waals surface area contributed by atoms with Crippen LogP contribution < -0.4 is 5.32 Å². The molecule has 25 heavy (non-hydrogen) atoms. The standard InChI is InChI=1S/C18H24N4O3/c1-3-4-5-9-12-19-16(23)13-25-18(24)17-14(2)20-22(21-17)15-10-7-6-8-11-15/h6-8,10-11H,3-5,9,12-13H2,1-2H3,(H,19,23). The van der Waals surface area contributed by atoms with Crippen LogP contribution in [0.5, 0.6) is 0 Å². The Morgan fingerprint density at radius 2 is 1.88 bits per heavy atom. The number of carbonyl (C=O) groups is 2. The van der Waals surface area contributed by atoms with E-state index in [4.69, 9.17) is 4.74 Å². The Balaban J connectivity index is 1.83. The maximum atomic E-state index is 12.1. The first-order valence-electron chi connectivity index (χ1n) is 8.55. The molecule has 1 heterocycles. The molecule has 7 heteroatoms. The minimum absolute atomic E-state index is 0.111. The molecule has 1 aromatic carbocycles. The van der Waals surface area contributed by atoms with Crippen molar-refractivity contribution in [2.75, 3.05) is 13.2 Å². The number of nitrogens with zero attached hydrogens (tertiary/aromatic N) is 3. The molecule has 0 aliphatic rings. The first-order valence-corrected chi connectivity index (χ1v) is 8.55. The number of aromatic nitrogens is 3. The van der Waals surface area contributed by atoms with Crippen molar-refractivity contribution in [3.05, 3.63) is 41.7 Å². The molecular weight excluding hydrogens is 320 g/mol. The number of rotatable bonds is 9. The van der Waals surface area contributed by atoms with Crippen LogP contribution in [0.4, 0.5) is 0 Å². The molecule has 0 spiro atoms. The van der Waals surface area contributed by atoms with Crippen molar-refractivity contribution < 1.29 is 14.3 Å². The van der Waals surface area contributed by atoms with Crippen molar-refractivity contribution in [2.45, 2.75) is 39.5 Å². The van der Waals surface area contributed by atoms with Crippen molar-refractivity contribution in [2.24, 2.45) is 0 Å². The molecule has 0 fully saturated rings. The van der Waals surface area contributed by atoms with E-state index in [9.17, 15) is 9.59 Å². The van der Waals surface area contributed by atoms with Crippen molar-refractivity contribution in [1.82, 2.24) is 20.3 Å². The number of carbonyl (C=O) groups excluding carboxylic acids is 2. The summed E-state index contributed by atoms with van der Waals surface area (Å²) in [5, 5.41) is 11.1. The zero-order chi connectivity index (χ0) is 18.1. The normalized spacial score (nSPS) is 10.5. The number of hydrogen-bond acceptors (Lipinski definition) is 5. The van der Waals surface area contributed by atoms with Gasteiger partial charge in [-0.3, -0.25) is 4.79 Å². The SMILES string of the molecule is CCCCCCNC(=O)COC(=O)c1nn(-c2ccccc2)nc1C. The average Bonchev–Trinajstić information content (AvgIpc) is 3.02. The number of nitrogens with one attached hydrogen (secondary N) is 1. The van der Waals surface area contributed by atoms with Gasteiger partial charge in [-0.2, -0.15) is 9.90 Å². The van der Waals surface area contributed by atoms with Crippen LogP contribution in [0.3, 0.4) is 0 Å². The van der Waals surface area contributed by atoms with E-state index in [2.05, 4.69) is 22.4 Å². The molecule has 0 aliphatic carbocycles. The van der Waals surface area contributed by atoms with Gasteiger partial charge in [-0.25, -0.2) is 4.79 Å². The molecule has 1 N–H and O–H groups in total. The van der Waals surface area contributed by atoms with Crippen molar-refractivity contribution >= 4 is 11.9 Å². The Labute approximate surface area is 147 Å². The third-order valence-electron chi connectivity index (χ3n) is 3.65. The summed E-state index contributed by atoms with van der Waals surface area (Å²) in [5.41, 5.74) is 1.31. The predicted octanol–water partition coefficient (Wildman–Crippen LogP) is 2.43. The van der Waals surface area contributed by atoms with Gasteiger partial charge in [0.1, 0.15) is 0 Å². The number of benzene rings is 1. The van der Waals surface area contributed by atoms with E-state index >= 15 is 0 Å². The molecule has 0 unspecified atom stereocenters. The molecule has 2 rings (SSSR count). The predicted molar refractivity (Wildman–Crippen MR) is 93.5 cm³/mol. The lowest BCUT2D eigenvalue weighted by molar-refractivity contribution is -0.124. The van der Waals surface area contributed by atoms with Gasteiger partial charge in [-0.15, -0.1) is 5.10 Å². The fourth-order valence-corrected chi connectivity index (χ4v) is 2.27. The molecule has 7 nitrogen and oxygen atoms in total. The first-order chi connectivity index (χ1) is 12.1. The maximum Gasteiger partial charge on any atom is 0.361 e. The van der Waals surface area contributed by atoms with E-state index in [0.717, 1.165) is 31.4 Å². The van der Waals surface area contributed by atoms with Crippen LogP contribution in [0, 0.1) is 6.92 Å². The van der Waals surface area contributed by atoms with Crippen LogP contribution in [-0.4, -0.2) is 40.0 Å². The fraction of sp³-hybridized carbons (Fsp3) is 0.444. The largest absolute Gasteiger partial charge is 0.451 e. The van der Waals surface area contributed by atoms with Crippen molar-refractivity contribution in [3.63, 3.8) is 0 Å². The van der Waals surface area contributed by atoms with Crippen LogP contribution in [0.15, 0.2) is 30.3 Å². The number of ether oxygens (including phenoxy) is 1. The van der Waals surface area contributed by atoms with Gasteiger partial charge in [0, 0.05) is 6.54 Å². The van der Waals surface area contributed by atoms with Gasteiger partial charge in [-0.1, -0.05) is 44.4 Å². The summed E-state index contributed by atoms with van der Waals surface area (Å²) in [6.07, 6.45) is 4.31. The minimum Gasteiger partial charge on any atom is -0.451 e. The molecule has 0 saturated carbocycles. The van der Waals surface area contributed by atoms with Gasteiger partial charge in [0.2, 0.25) is 0 Å². The first kappa shape index (κ1) is 18.6. The van der Waals surface area contributed by atoms with E-state index in [0.29, 0.717) is 12.2 Å². The highest BCUT2D eigenvalue weighted by molar-refractivity contribution is 5.90. The summed E-state index contributed by atoms with van der Waals surface area (Å²) >= 11 is 0. The molecule has 134 valence electrons. The Bertz CT molecular complexity index is 698. The van der Waals surface area contributed by atoms with Gasteiger partial charge >= 0.3 is 5.97 Å². The number of unbranched alkanes of at least 4 members (excludes halogenated alkanes) is 3. The van der Waals surface area contributed by atoms with Crippen LogP contribution in [0.2, 0.25) is 0 Å². The van der Waals surface area contributed by atoms with Crippen molar-refractivity contribution in [3.8, 4) is 5.69 Å². The van der Waals surface area contributed by atoms with Gasteiger partial charge in [0.25, 0.3) is 5.91 Å². The van der Waals surface area contributed by atoms with Gasteiger partial charge in [0.15, 0.2) is 12.3 Å². The summed E-state index contributed by atoms with van der Waals surface area (Å²) in [4.78, 5) is 25.2. The highest BCUT2D eigenvalue weighted by atomic mass is 16.5. The Hall–Kier alpha value is -2.70. The quantitative estimate of drug-likeness (QED) is 0.558. The molecule has 2 aromatic rings. The number of amides is 1. The number of esters is 1. The number of hydrogen-bond donors (Lipinski definition) is 1. The minimum atomic E-state index is -0.652. The van der Waals surface area contributed by atoms with Crippen molar-refractivity contribution in [1.29, 1.82) is 0 Å². The smallest absolute Gasteiger partial charge is 0.361 e. The molecule has 1 aromatic heterocycles. The van der Waals surface area contributed by atoms with Crippen LogP contribution in [0.1, 0.15) is 48.8 Å². The lowest BCUT2D eigenvalue weighted by atomic mass is 10.2. The van der Waals surface area contributed by atoms with E-state index < -0.39 is 5.97 Å². The van der Waals surface area contributed by atoms with E-state index in [1.165, 1.54) is 4.80 Å². The summed E-state index contributed by atoms with van der Waals surface area (Å²) in [7, 11) is 0. The lowest BCUT2D eigenvalue weighted by Gasteiger charge is -2.05. The monoisotopic (exact) mass is 344 g/mol. The highest BCUT2D eigenvalue weighted by Gasteiger charge is 2.18. The molecule has 0 atom stereocenters. The third kappa shape index (κ3) is 5.70. The maximum absolute atomic E-state index is 12.1. The third-order valence-corrected chi connectivity index (χ3v) is 3.65. The lowest BCUT2D eigenvalue weighted by Crippen LogP contribution is -2.29. The van der Waals surface area contributed by atoms with Gasteiger partial charge in [-0.05, 0) is 25.5 Å². The summed E-state index contributed by atoms with van der Waals surface area (Å²) < 4.78 is 5.03. The van der Waals surface area contributed by atoms with Gasteiger partial charge < -0.3 is 10.1 Å². The number of aryl methyl sites for hydroxylation is 1. The number of para-hydroxylation sites is 1. The molecule has 0 radical (unpaired) electrons. The zero-order valence-corrected chi connectivity index (χ0v) is 14.7. The summed E-state index contributed by atoms with van der Waals surface area (Å²) in [5.74, 6) is -0.959. The summed E-state index contributed by atoms with van der Waals surface area (Å²) in [6.45, 7) is 4.09. The second-order valence-corrected chi connectivity index (χ2v) is 5.75. The van der Waals surface area contributed by atoms with E-state index in [-0.39, 0.29) is 18.2 Å². The molecule has 0 aliphatic heterocycles. The Morgan fingerprint density at radius 1 is 1.12 bits per heavy atom. The molecule has 1 amide bonds. The topological polar surface area (TPSA) is 86.1 Å². The average molecular weight is 344 g/mol. The molecule has 0 bridgehead atoms. The Kier molecular flexibility index (Phi) is 7.13. The molecular formula is C18H24N4O3. The second-order valence-electron chi connectivity index (χ2n) is 5.75. The van der Waals surface area contributed by atoms with Crippen LogP contribution in [0.25, 0.3) is 5.69 Å². The fourth-order valence-electron chi connectivity index (χ4n) is 2.27.